The summed E-state index contributed by atoms with van der Waals surface area (Å²) >= 11 is 0. The van der Waals surface area contributed by atoms with Crippen molar-refractivity contribution < 1.29 is 4.79 Å². The molecule has 4 heteroatoms. The van der Waals surface area contributed by atoms with Crippen molar-refractivity contribution in [3.8, 4) is 0 Å². The zero-order chi connectivity index (χ0) is 17.5. The van der Waals surface area contributed by atoms with E-state index >= 15 is 0 Å². The maximum absolute atomic E-state index is 12.5. The fourth-order valence-electron chi connectivity index (χ4n) is 3.14. The van der Waals surface area contributed by atoms with E-state index in [2.05, 4.69) is 55.0 Å². The van der Waals surface area contributed by atoms with E-state index in [0.29, 0.717) is 17.9 Å². The molecule has 24 heavy (non-hydrogen) atoms. The molecule has 1 unspecified atom stereocenters. The Labute approximate surface area is 143 Å². The Kier molecular flexibility index (Phi) is 4.16. The first-order chi connectivity index (χ1) is 11.3. The number of aromatic nitrogens is 2. The van der Waals surface area contributed by atoms with Crippen LogP contribution in [0.15, 0.2) is 30.5 Å². The van der Waals surface area contributed by atoms with Crippen LogP contribution in [0.1, 0.15) is 60.3 Å². The van der Waals surface area contributed by atoms with Crippen LogP contribution in [0.2, 0.25) is 0 Å². The largest absolute Gasteiger partial charge is 0.347 e. The summed E-state index contributed by atoms with van der Waals surface area (Å²) in [6.07, 6.45) is 3.00. The van der Waals surface area contributed by atoms with Crippen LogP contribution in [0.3, 0.4) is 0 Å². The minimum Gasteiger partial charge on any atom is -0.347 e. The summed E-state index contributed by atoms with van der Waals surface area (Å²) in [5.41, 5.74) is 4.22. The third-order valence-electron chi connectivity index (χ3n) is 4.68. The van der Waals surface area contributed by atoms with Gasteiger partial charge in [-0.3, -0.25) is 4.79 Å². The predicted octanol–water partition coefficient (Wildman–Crippen LogP) is 3.75. The van der Waals surface area contributed by atoms with Gasteiger partial charge in [0.15, 0.2) is 5.78 Å². The SMILES string of the molecule is CN(C)c1ncc2c(n1)CC(c1ccc(C(C)(C)C)cc1)CC2=O. The quantitative estimate of drug-likeness (QED) is 0.844. The van der Waals surface area contributed by atoms with Gasteiger partial charge in [-0.05, 0) is 28.9 Å². The number of Topliss-reactive ketones (excluding diaryl/α,β-unsaturated/α-hetero) is 1. The van der Waals surface area contributed by atoms with Gasteiger partial charge in [-0.15, -0.1) is 0 Å². The number of ketones is 1. The van der Waals surface area contributed by atoms with Crippen molar-refractivity contribution >= 4 is 11.7 Å². The van der Waals surface area contributed by atoms with Gasteiger partial charge in [0.05, 0.1) is 11.3 Å². The molecule has 1 heterocycles. The average molecular weight is 323 g/mol. The van der Waals surface area contributed by atoms with E-state index in [0.717, 1.165) is 12.1 Å². The topological polar surface area (TPSA) is 46.1 Å². The summed E-state index contributed by atoms with van der Waals surface area (Å²) in [7, 11) is 3.82. The van der Waals surface area contributed by atoms with Crippen molar-refractivity contribution in [1.29, 1.82) is 0 Å². The second-order valence-electron chi connectivity index (χ2n) is 7.83. The van der Waals surface area contributed by atoms with Crippen LogP contribution < -0.4 is 4.90 Å². The zero-order valence-electron chi connectivity index (χ0n) is 15.1. The Balaban J connectivity index is 1.89. The molecule has 4 nitrogen and oxygen atoms in total. The molecule has 0 saturated heterocycles. The molecule has 0 saturated carbocycles. The lowest BCUT2D eigenvalue weighted by atomic mass is 9.80. The molecule has 0 amide bonds. The molecule has 1 aromatic heterocycles. The molecule has 0 N–H and O–H groups in total. The lowest BCUT2D eigenvalue weighted by Crippen LogP contribution is -2.23. The summed E-state index contributed by atoms with van der Waals surface area (Å²) in [6, 6.07) is 8.69. The number of benzene rings is 1. The first-order valence-electron chi connectivity index (χ1n) is 8.42. The van der Waals surface area contributed by atoms with Crippen molar-refractivity contribution in [2.24, 2.45) is 0 Å². The molecular formula is C20H25N3O. The number of nitrogens with zero attached hydrogens (tertiary/aromatic N) is 3. The highest BCUT2D eigenvalue weighted by molar-refractivity contribution is 5.98. The molecular weight excluding hydrogens is 298 g/mol. The van der Waals surface area contributed by atoms with Crippen molar-refractivity contribution in [3.63, 3.8) is 0 Å². The Morgan fingerprint density at radius 3 is 2.33 bits per heavy atom. The van der Waals surface area contributed by atoms with E-state index in [1.54, 1.807) is 6.20 Å². The number of carbonyl (C=O) groups excluding carboxylic acids is 1. The Morgan fingerprint density at radius 2 is 1.75 bits per heavy atom. The number of hydrogen-bond acceptors (Lipinski definition) is 4. The standard InChI is InChI=1S/C20H25N3O/c1-20(2,3)15-8-6-13(7-9-15)14-10-17-16(18(24)11-14)12-21-19(22-17)23(4)5/h6-9,12,14H,10-11H2,1-5H3. The lowest BCUT2D eigenvalue weighted by molar-refractivity contribution is 0.0962. The Hall–Kier alpha value is -2.23. The molecule has 0 radical (unpaired) electrons. The number of anilines is 1. The van der Waals surface area contributed by atoms with Gasteiger partial charge in [0.1, 0.15) is 0 Å². The molecule has 126 valence electrons. The fourth-order valence-corrected chi connectivity index (χ4v) is 3.14. The van der Waals surface area contributed by atoms with Gasteiger partial charge < -0.3 is 4.90 Å². The highest BCUT2D eigenvalue weighted by atomic mass is 16.1. The van der Waals surface area contributed by atoms with E-state index in [9.17, 15) is 4.79 Å². The van der Waals surface area contributed by atoms with Crippen LogP contribution in [-0.2, 0) is 11.8 Å². The molecule has 0 bridgehead atoms. The zero-order valence-corrected chi connectivity index (χ0v) is 15.1. The highest BCUT2D eigenvalue weighted by Crippen LogP contribution is 2.33. The van der Waals surface area contributed by atoms with Gasteiger partial charge >= 0.3 is 0 Å². The molecule has 0 fully saturated rings. The second-order valence-corrected chi connectivity index (χ2v) is 7.83. The first-order valence-corrected chi connectivity index (χ1v) is 8.42. The van der Waals surface area contributed by atoms with Crippen LogP contribution in [0.25, 0.3) is 0 Å². The summed E-state index contributed by atoms with van der Waals surface area (Å²) in [4.78, 5) is 23.2. The molecule has 1 aliphatic carbocycles. The van der Waals surface area contributed by atoms with Crippen molar-refractivity contribution in [3.05, 3.63) is 52.8 Å². The van der Waals surface area contributed by atoms with Crippen LogP contribution in [0.5, 0.6) is 0 Å². The van der Waals surface area contributed by atoms with E-state index in [1.807, 2.05) is 19.0 Å². The van der Waals surface area contributed by atoms with Gasteiger partial charge in [0.2, 0.25) is 5.95 Å². The van der Waals surface area contributed by atoms with E-state index in [-0.39, 0.29) is 17.1 Å². The molecule has 1 atom stereocenters. The first kappa shape index (κ1) is 16.6. The van der Waals surface area contributed by atoms with E-state index in [1.165, 1.54) is 11.1 Å². The normalized spacial score (nSPS) is 17.5. The smallest absolute Gasteiger partial charge is 0.225 e. The summed E-state index contributed by atoms with van der Waals surface area (Å²) < 4.78 is 0. The monoisotopic (exact) mass is 323 g/mol. The summed E-state index contributed by atoms with van der Waals surface area (Å²) in [6.45, 7) is 6.63. The third kappa shape index (κ3) is 3.18. The molecule has 0 spiro atoms. The maximum atomic E-state index is 12.5. The van der Waals surface area contributed by atoms with Crippen LogP contribution in [-0.4, -0.2) is 29.8 Å². The van der Waals surface area contributed by atoms with E-state index in [4.69, 9.17) is 0 Å². The van der Waals surface area contributed by atoms with E-state index < -0.39 is 0 Å². The van der Waals surface area contributed by atoms with Crippen molar-refractivity contribution in [2.75, 3.05) is 19.0 Å². The molecule has 2 aromatic rings. The number of hydrogen-bond donors (Lipinski definition) is 0. The molecule has 3 rings (SSSR count). The van der Waals surface area contributed by atoms with Gasteiger partial charge in [-0.1, -0.05) is 45.0 Å². The minimum absolute atomic E-state index is 0.140. The number of rotatable bonds is 2. The van der Waals surface area contributed by atoms with Crippen LogP contribution in [0.4, 0.5) is 5.95 Å². The fraction of sp³-hybridized carbons (Fsp3) is 0.450. The van der Waals surface area contributed by atoms with Crippen molar-refractivity contribution in [1.82, 2.24) is 9.97 Å². The predicted molar refractivity (Wildman–Crippen MR) is 96.9 cm³/mol. The van der Waals surface area contributed by atoms with Gasteiger partial charge in [0.25, 0.3) is 0 Å². The Bertz CT molecular complexity index is 757. The molecule has 1 aromatic carbocycles. The van der Waals surface area contributed by atoms with Crippen LogP contribution in [0, 0.1) is 0 Å². The maximum Gasteiger partial charge on any atom is 0.225 e. The van der Waals surface area contributed by atoms with Gasteiger partial charge in [0, 0.05) is 26.7 Å². The lowest BCUT2D eigenvalue weighted by Gasteiger charge is -2.25. The molecule has 1 aliphatic rings. The summed E-state index contributed by atoms with van der Waals surface area (Å²) in [5, 5.41) is 0. The minimum atomic E-state index is 0.140. The van der Waals surface area contributed by atoms with Gasteiger partial charge in [-0.25, -0.2) is 9.97 Å². The van der Waals surface area contributed by atoms with Crippen LogP contribution >= 0.6 is 0 Å². The van der Waals surface area contributed by atoms with Crippen molar-refractivity contribution in [2.45, 2.75) is 44.9 Å². The molecule has 0 aliphatic heterocycles. The third-order valence-corrected chi connectivity index (χ3v) is 4.68. The average Bonchev–Trinajstić information content (AvgIpc) is 2.53. The number of fused-ring (bicyclic) bond motifs is 1. The Morgan fingerprint density at radius 1 is 1.08 bits per heavy atom. The highest BCUT2D eigenvalue weighted by Gasteiger charge is 2.28. The summed E-state index contributed by atoms with van der Waals surface area (Å²) in [5.74, 6) is 1.00. The van der Waals surface area contributed by atoms with Gasteiger partial charge in [-0.2, -0.15) is 0 Å². The number of carbonyl (C=O) groups is 1. The second kappa shape index (κ2) is 6.00.